The number of carbonyl (C=O) groups is 1. The van der Waals surface area contributed by atoms with E-state index in [4.69, 9.17) is 4.74 Å². The molecule has 0 aromatic heterocycles. The number of aliphatic imine (C=N–C) groups is 1. The fourth-order valence-corrected chi connectivity index (χ4v) is 3.69. The van der Waals surface area contributed by atoms with Gasteiger partial charge in [-0.1, -0.05) is 66.7 Å². The molecule has 0 aliphatic carbocycles. The molecule has 1 aliphatic heterocycles. The maximum Gasteiger partial charge on any atom is 0.296 e. The summed E-state index contributed by atoms with van der Waals surface area (Å²) in [5.41, 5.74) is 5.28. The lowest BCUT2D eigenvalue weighted by Gasteiger charge is -2.24. The summed E-state index contributed by atoms with van der Waals surface area (Å²) in [5.74, 6) is 5.56. The Morgan fingerprint density at radius 1 is 0.903 bits per heavy atom. The first-order valence-electron chi connectivity index (χ1n) is 10.4. The third kappa shape index (κ3) is 4.84. The van der Waals surface area contributed by atoms with Crippen LogP contribution in [0, 0.1) is 11.8 Å². The molecule has 0 unspecified atom stereocenters. The molecule has 4 heteroatoms. The van der Waals surface area contributed by atoms with Crippen molar-refractivity contribution in [3.05, 3.63) is 95.6 Å². The molecule has 0 fully saturated rings. The van der Waals surface area contributed by atoms with Crippen LogP contribution < -0.4 is 0 Å². The first kappa shape index (κ1) is 20.4. The van der Waals surface area contributed by atoms with E-state index in [0.29, 0.717) is 37.7 Å². The number of benzene rings is 3. The van der Waals surface area contributed by atoms with Gasteiger partial charge in [-0.15, -0.1) is 11.8 Å². The second-order valence-electron chi connectivity index (χ2n) is 7.26. The largest absolute Gasteiger partial charge is 0.464 e. The average molecular weight is 409 g/mol. The molecule has 0 N–H and O–H groups in total. The molecule has 1 amide bonds. The first-order valence-corrected chi connectivity index (χ1v) is 10.4. The fourth-order valence-electron chi connectivity index (χ4n) is 3.69. The normalized spacial score (nSPS) is 12.7. The highest BCUT2D eigenvalue weighted by atomic mass is 16.5. The van der Waals surface area contributed by atoms with Gasteiger partial charge < -0.3 is 9.64 Å². The Bertz CT molecular complexity index is 1110. The molecular weight excluding hydrogens is 384 g/mol. The number of rotatable bonds is 3. The smallest absolute Gasteiger partial charge is 0.296 e. The highest BCUT2D eigenvalue weighted by molar-refractivity contribution is 6.01. The predicted molar refractivity (Wildman–Crippen MR) is 123 cm³/mol. The molecule has 0 radical (unpaired) electrons. The van der Waals surface area contributed by atoms with Crippen LogP contribution in [0.1, 0.15) is 34.8 Å². The van der Waals surface area contributed by atoms with Gasteiger partial charge >= 0.3 is 0 Å². The molecule has 3 aromatic rings. The second kappa shape index (κ2) is 9.77. The van der Waals surface area contributed by atoms with Crippen LogP contribution in [0.2, 0.25) is 0 Å². The van der Waals surface area contributed by atoms with Gasteiger partial charge in [0.2, 0.25) is 0 Å². The van der Waals surface area contributed by atoms with E-state index in [9.17, 15) is 4.79 Å². The summed E-state index contributed by atoms with van der Waals surface area (Å²) in [6, 6.07) is 26.1. The third-order valence-corrected chi connectivity index (χ3v) is 5.17. The van der Waals surface area contributed by atoms with Gasteiger partial charge in [0.25, 0.3) is 11.9 Å². The Kier molecular flexibility index (Phi) is 6.44. The Balaban J connectivity index is 1.71. The summed E-state index contributed by atoms with van der Waals surface area (Å²) < 4.78 is 6.01. The van der Waals surface area contributed by atoms with Gasteiger partial charge in [0.05, 0.1) is 0 Å². The van der Waals surface area contributed by atoms with Crippen LogP contribution in [0.4, 0.5) is 0 Å². The highest BCUT2D eigenvalue weighted by Crippen LogP contribution is 2.32. The van der Waals surface area contributed by atoms with E-state index in [2.05, 4.69) is 53.2 Å². The zero-order chi connectivity index (χ0) is 21.5. The van der Waals surface area contributed by atoms with Crippen molar-refractivity contribution in [1.29, 1.82) is 0 Å². The Morgan fingerprint density at radius 3 is 2.10 bits per heavy atom. The molecule has 4 rings (SSSR count). The summed E-state index contributed by atoms with van der Waals surface area (Å²) >= 11 is 0. The lowest BCUT2D eigenvalue weighted by Crippen LogP contribution is -2.32. The summed E-state index contributed by atoms with van der Waals surface area (Å²) in [5, 5.41) is 0. The highest BCUT2D eigenvalue weighted by Gasteiger charge is 2.23. The monoisotopic (exact) mass is 408 g/mol. The molecular formula is C27H24N2O2. The minimum Gasteiger partial charge on any atom is -0.464 e. The Morgan fingerprint density at radius 2 is 1.48 bits per heavy atom. The van der Waals surface area contributed by atoms with Gasteiger partial charge in [0, 0.05) is 25.1 Å². The summed E-state index contributed by atoms with van der Waals surface area (Å²) in [6.45, 7) is 3.38. The van der Waals surface area contributed by atoms with Crippen molar-refractivity contribution in [3.8, 4) is 23.0 Å². The van der Waals surface area contributed by atoms with Crippen molar-refractivity contribution in [2.75, 3.05) is 6.61 Å². The molecule has 0 atom stereocenters. The summed E-state index contributed by atoms with van der Waals surface area (Å²) in [7, 11) is 0. The van der Waals surface area contributed by atoms with Crippen molar-refractivity contribution >= 4 is 11.9 Å². The van der Waals surface area contributed by atoms with E-state index in [0.717, 1.165) is 0 Å². The third-order valence-electron chi connectivity index (χ3n) is 5.17. The van der Waals surface area contributed by atoms with Crippen molar-refractivity contribution in [2.45, 2.75) is 26.4 Å². The summed E-state index contributed by atoms with van der Waals surface area (Å²) in [6.07, 6.45) is 0.579. The zero-order valence-corrected chi connectivity index (χ0v) is 17.5. The van der Waals surface area contributed by atoms with Gasteiger partial charge in [-0.25, -0.2) is 0 Å². The van der Waals surface area contributed by atoms with Crippen LogP contribution in [0.5, 0.6) is 0 Å². The van der Waals surface area contributed by atoms with Crippen LogP contribution in [-0.4, -0.2) is 23.4 Å². The maximum atomic E-state index is 12.8. The molecule has 3 aromatic carbocycles. The lowest BCUT2D eigenvalue weighted by molar-refractivity contribution is 0.0992. The van der Waals surface area contributed by atoms with Crippen molar-refractivity contribution < 1.29 is 9.53 Å². The standard InChI is InChI=1S/C27H24N2O2/c1-2-3-11-18-31-27(28-26(30)21-12-5-4-6-13-21)29-19-22-14-7-9-16-24(22)25-17-10-8-15-23(25)20-29/h4-10,12-17H,11,18-20H2,1H3/b28-27-. The van der Waals surface area contributed by atoms with E-state index >= 15 is 0 Å². The topological polar surface area (TPSA) is 41.9 Å². The first-order chi connectivity index (χ1) is 15.3. The van der Waals surface area contributed by atoms with Gasteiger partial charge in [-0.3, -0.25) is 4.79 Å². The van der Waals surface area contributed by atoms with Gasteiger partial charge in [-0.2, -0.15) is 4.99 Å². The minimum absolute atomic E-state index is 0.317. The molecule has 0 spiro atoms. The number of carbonyl (C=O) groups excluding carboxylic acids is 1. The van der Waals surface area contributed by atoms with Crippen LogP contribution >= 0.6 is 0 Å². The molecule has 1 aliphatic rings. The van der Waals surface area contributed by atoms with Crippen molar-refractivity contribution in [3.63, 3.8) is 0 Å². The molecule has 0 bridgehead atoms. The number of amidine groups is 1. The number of nitrogens with zero attached hydrogens (tertiary/aromatic N) is 2. The van der Waals surface area contributed by atoms with Crippen molar-refractivity contribution in [1.82, 2.24) is 4.90 Å². The van der Waals surface area contributed by atoms with Gasteiger partial charge in [0.1, 0.15) is 6.61 Å². The minimum atomic E-state index is -0.317. The zero-order valence-electron chi connectivity index (χ0n) is 17.5. The van der Waals surface area contributed by atoms with Gasteiger partial charge in [-0.05, 0) is 41.3 Å². The van der Waals surface area contributed by atoms with E-state index < -0.39 is 0 Å². The van der Waals surface area contributed by atoms with Crippen LogP contribution in [-0.2, 0) is 17.8 Å². The van der Waals surface area contributed by atoms with Crippen LogP contribution in [0.15, 0.2) is 83.9 Å². The molecule has 4 nitrogen and oxygen atoms in total. The number of hydrogen-bond acceptors (Lipinski definition) is 2. The van der Waals surface area contributed by atoms with E-state index in [1.54, 1.807) is 19.1 Å². The fraction of sp³-hybridized carbons (Fsp3) is 0.185. The van der Waals surface area contributed by atoms with E-state index in [1.165, 1.54) is 22.3 Å². The number of ether oxygens (including phenoxy) is 1. The molecule has 154 valence electrons. The molecule has 0 saturated heterocycles. The average Bonchev–Trinajstić information content (AvgIpc) is 2.98. The maximum absolute atomic E-state index is 12.8. The van der Waals surface area contributed by atoms with Crippen molar-refractivity contribution in [2.24, 2.45) is 4.99 Å². The quantitative estimate of drug-likeness (QED) is 0.256. The Hall–Kier alpha value is -3.84. The van der Waals surface area contributed by atoms with Gasteiger partial charge in [0.15, 0.2) is 0 Å². The van der Waals surface area contributed by atoms with E-state index in [-0.39, 0.29) is 5.91 Å². The van der Waals surface area contributed by atoms with Crippen LogP contribution in [0.25, 0.3) is 11.1 Å². The SMILES string of the molecule is CC#CCCO/C(=N\C(=O)c1ccccc1)N1Cc2ccccc2-c2ccccc2C1. The van der Waals surface area contributed by atoms with E-state index in [1.807, 2.05) is 35.2 Å². The number of hydrogen-bond donors (Lipinski definition) is 0. The molecule has 0 saturated carbocycles. The lowest BCUT2D eigenvalue weighted by atomic mass is 9.97. The molecule has 1 heterocycles. The van der Waals surface area contributed by atoms with Crippen LogP contribution in [0.3, 0.4) is 0 Å². The Labute approximate surface area is 183 Å². The molecule has 31 heavy (non-hydrogen) atoms. The number of fused-ring (bicyclic) bond motifs is 3. The summed E-state index contributed by atoms with van der Waals surface area (Å²) in [4.78, 5) is 19.3. The predicted octanol–water partition coefficient (Wildman–Crippen LogP) is 5.30. The number of amides is 1. The second-order valence-corrected chi connectivity index (χ2v) is 7.26.